The first kappa shape index (κ1) is 12.5. The minimum Gasteiger partial charge on any atom is -0.497 e. The van der Waals surface area contributed by atoms with E-state index in [1.807, 2.05) is 18.2 Å². The molecule has 0 atom stereocenters. The van der Waals surface area contributed by atoms with Crippen molar-refractivity contribution in [3.63, 3.8) is 0 Å². The van der Waals surface area contributed by atoms with Crippen LogP contribution in [0.4, 0.5) is 5.69 Å². The number of benzene rings is 2. The summed E-state index contributed by atoms with van der Waals surface area (Å²) < 4.78 is 5.25. The van der Waals surface area contributed by atoms with E-state index in [4.69, 9.17) is 10.5 Å². The van der Waals surface area contributed by atoms with Crippen molar-refractivity contribution in [2.45, 2.75) is 19.8 Å². The van der Waals surface area contributed by atoms with Gasteiger partial charge in [0.25, 0.3) is 0 Å². The SMILES string of the molecule is COc1ccc(N)c(-c2cccc(C(C)C)c2)c1. The van der Waals surface area contributed by atoms with E-state index in [-0.39, 0.29) is 0 Å². The summed E-state index contributed by atoms with van der Waals surface area (Å²) in [4.78, 5) is 0. The maximum Gasteiger partial charge on any atom is 0.119 e. The van der Waals surface area contributed by atoms with Gasteiger partial charge in [-0.15, -0.1) is 0 Å². The highest BCUT2D eigenvalue weighted by Crippen LogP contribution is 2.31. The van der Waals surface area contributed by atoms with Gasteiger partial charge in [0.1, 0.15) is 5.75 Å². The number of nitrogen functional groups attached to an aromatic ring is 1. The van der Waals surface area contributed by atoms with Gasteiger partial charge in [-0.1, -0.05) is 38.1 Å². The summed E-state index contributed by atoms with van der Waals surface area (Å²) in [6.45, 7) is 4.38. The van der Waals surface area contributed by atoms with Crippen molar-refractivity contribution in [1.82, 2.24) is 0 Å². The van der Waals surface area contributed by atoms with Gasteiger partial charge >= 0.3 is 0 Å². The van der Waals surface area contributed by atoms with Crippen LogP contribution in [0.3, 0.4) is 0 Å². The highest BCUT2D eigenvalue weighted by Gasteiger charge is 2.06. The van der Waals surface area contributed by atoms with Crippen LogP contribution >= 0.6 is 0 Å². The summed E-state index contributed by atoms with van der Waals surface area (Å²) in [6, 6.07) is 14.2. The van der Waals surface area contributed by atoms with Gasteiger partial charge in [0.2, 0.25) is 0 Å². The van der Waals surface area contributed by atoms with E-state index in [2.05, 4.69) is 38.1 Å². The first-order chi connectivity index (χ1) is 8.61. The molecule has 0 fully saturated rings. The van der Waals surface area contributed by atoms with E-state index in [0.29, 0.717) is 5.92 Å². The molecule has 0 aliphatic rings. The molecule has 0 amide bonds. The minimum atomic E-state index is 0.511. The molecule has 18 heavy (non-hydrogen) atoms. The Bertz CT molecular complexity index is 547. The molecule has 0 aliphatic carbocycles. The second kappa shape index (κ2) is 5.13. The largest absolute Gasteiger partial charge is 0.497 e. The molecule has 0 spiro atoms. The van der Waals surface area contributed by atoms with Gasteiger partial charge < -0.3 is 10.5 Å². The lowest BCUT2D eigenvalue weighted by Crippen LogP contribution is -1.93. The van der Waals surface area contributed by atoms with Gasteiger partial charge in [-0.05, 0) is 35.2 Å². The Kier molecular flexibility index (Phi) is 3.56. The summed E-state index contributed by atoms with van der Waals surface area (Å²) in [7, 11) is 1.67. The van der Waals surface area contributed by atoms with Crippen molar-refractivity contribution in [3.05, 3.63) is 48.0 Å². The fourth-order valence-electron chi connectivity index (χ4n) is 1.98. The normalized spacial score (nSPS) is 10.7. The molecule has 0 radical (unpaired) electrons. The quantitative estimate of drug-likeness (QED) is 0.822. The van der Waals surface area contributed by atoms with Crippen molar-refractivity contribution < 1.29 is 4.74 Å². The van der Waals surface area contributed by atoms with E-state index in [1.54, 1.807) is 7.11 Å². The Morgan fingerprint density at radius 1 is 1.06 bits per heavy atom. The fourth-order valence-corrected chi connectivity index (χ4v) is 1.98. The monoisotopic (exact) mass is 241 g/mol. The van der Waals surface area contributed by atoms with Crippen LogP contribution in [-0.4, -0.2) is 7.11 Å². The van der Waals surface area contributed by atoms with Crippen LogP contribution in [0.15, 0.2) is 42.5 Å². The second-order valence-electron chi connectivity index (χ2n) is 4.73. The van der Waals surface area contributed by atoms with Crippen LogP contribution in [0.25, 0.3) is 11.1 Å². The van der Waals surface area contributed by atoms with E-state index >= 15 is 0 Å². The van der Waals surface area contributed by atoms with Gasteiger partial charge in [0.15, 0.2) is 0 Å². The van der Waals surface area contributed by atoms with E-state index in [1.165, 1.54) is 5.56 Å². The zero-order valence-electron chi connectivity index (χ0n) is 11.1. The van der Waals surface area contributed by atoms with Crippen molar-refractivity contribution in [3.8, 4) is 16.9 Å². The average molecular weight is 241 g/mol. The fraction of sp³-hybridized carbons (Fsp3) is 0.250. The molecule has 2 nitrogen and oxygen atoms in total. The van der Waals surface area contributed by atoms with E-state index in [9.17, 15) is 0 Å². The Morgan fingerprint density at radius 3 is 2.50 bits per heavy atom. The summed E-state index contributed by atoms with van der Waals surface area (Å²) >= 11 is 0. The maximum atomic E-state index is 6.05. The second-order valence-corrected chi connectivity index (χ2v) is 4.73. The zero-order chi connectivity index (χ0) is 13.1. The number of nitrogens with two attached hydrogens (primary N) is 1. The van der Waals surface area contributed by atoms with Crippen molar-refractivity contribution in [2.24, 2.45) is 0 Å². The molecule has 0 bridgehead atoms. The highest BCUT2D eigenvalue weighted by atomic mass is 16.5. The lowest BCUT2D eigenvalue weighted by atomic mass is 9.96. The predicted molar refractivity (Wildman–Crippen MR) is 76.9 cm³/mol. The van der Waals surface area contributed by atoms with Crippen LogP contribution < -0.4 is 10.5 Å². The van der Waals surface area contributed by atoms with E-state index in [0.717, 1.165) is 22.6 Å². The van der Waals surface area contributed by atoms with Crippen LogP contribution in [0.1, 0.15) is 25.3 Å². The third-order valence-corrected chi connectivity index (χ3v) is 3.12. The van der Waals surface area contributed by atoms with E-state index < -0.39 is 0 Å². The van der Waals surface area contributed by atoms with Crippen molar-refractivity contribution in [2.75, 3.05) is 12.8 Å². The first-order valence-corrected chi connectivity index (χ1v) is 6.15. The van der Waals surface area contributed by atoms with Gasteiger partial charge in [0, 0.05) is 11.3 Å². The van der Waals surface area contributed by atoms with Crippen LogP contribution in [0.5, 0.6) is 5.75 Å². The van der Waals surface area contributed by atoms with Gasteiger partial charge in [-0.3, -0.25) is 0 Å². The summed E-state index contributed by atoms with van der Waals surface area (Å²) in [6.07, 6.45) is 0. The summed E-state index contributed by atoms with van der Waals surface area (Å²) in [5, 5.41) is 0. The van der Waals surface area contributed by atoms with Crippen molar-refractivity contribution >= 4 is 5.69 Å². The summed E-state index contributed by atoms with van der Waals surface area (Å²) in [5.41, 5.74) is 10.3. The van der Waals surface area contributed by atoms with Crippen LogP contribution in [0, 0.1) is 0 Å². The van der Waals surface area contributed by atoms with Crippen LogP contribution in [0.2, 0.25) is 0 Å². The molecule has 2 aromatic rings. The average Bonchev–Trinajstić information content (AvgIpc) is 2.39. The molecule has 2 rings (SSSR count). The Hall–Kier alpha value is -1.96. The molecular formula is C16H19NO. The van der Waals surface area contributed by atoms with Crippen molar-refractivity contribution in [1.29, 1.82) is 0 Å². The molecule has 0 heterocycles. The maximum absolute atomic E-state index is 6.05. The number of ether oxygens (including phenoxy) is 1. The lowest BCUT2D eigenvalue weighted by Gasteiger charge is -2.11. The molecule has 0 saturated carbocycles. The Morgan fingerprint density at radius 2 is 1.83 bits per heavy atom. The third kappa shape index (κ3) is 2.48. The molecule has 2 N–H and O–H groups in total. The number of hydrogen-bond acceptors (Lipinski definition) is 2. The Labute approximate surface area is 108 Å². The first-order valence-electron chi connectivity index (χ1n) is 6.15. The van der Waals surface area contributed by atoms with Gasteiger partial charge in [-0.2, -0.15) is 0 Å². The Balaban J connectivity index is 2.50. The number of hydrogen-bond donors (Lipinski definition) is 1. The smallest absolute Gasteiger partial charge is 0.119 e. The highest BCUT2D eigenvalue weighted by molar-refractivity contribution is 5.78. The topological polar surface area (TPSA) is 35.2 Å². The van der Waals surface area contributed by atoms with Gasteiger partial charge in [0.05, 0.1) is 7.11 Å². The van der Waals surface area contributed by atoms with Gasteiger partial charge in [-0.25, -0.2) is 0 Å². The standard InChI is InChI=1S/C16H19NO/c1-11(2)12-5-4-6-13(9-12)15-10-14(18-3)7-8-16(15)17/h4-11H,17H2,1-3H3. The number of anilines is 1. The molecular weight excluding hydrogens is 222 g/mol. The third-order valence-electron chi connectivity index (χ3n) is 3.12. The summed E-state index contributed by atoms with van der Waals surface area (Å²) in [5.74, 6) is 1.34. The molecule has 2 aromatic carbocycles. The zero-order valence-corrected chi connectivity index (χ0v) is 11.1. The minimum absolute atomic E-state index is 0.511. The lowest BCUT2D eigenvalue weighted by molar-refractivity contribution is 0.415. The van der Waals surface area contributed by atoms with Crippen LogP contribution in [-0.2, 0) is 0 Å². The molecule has 2 heteroatoms. The molecule has 0 aliphatic heterocycles. The predicted octanol–water partition coefficient (Wildman–Crippen LogP) is 4.07. The molecule has 0 saturated heterocycles. The molecule has 94 valence electrons. The number of methoxy groups -OCH3 is 1. The number of rotatable bonds is 3. The molecule has 0 aromatic heterocycles. The molecule has 0 unspecified atom stereocenters.